The first-order valence-corrected chi connectivity index (χ1v) is 8.03. The predicted octanol–water partition coefficient (Wildman–Crippen LogP) is 4.17. The lowest BCUT2D eigenvalue weighted by molar-refractivity contribution is -0.123. The molecule has 126 valence electrons. The van der Waals surface area contributed by atoms with E-state index in [2.05, 4.69) is 43.4 Å². The second-order valence-corrected chi connectivity index (χ2v) is 6.84. The third kappa shape index (κ3) is 5.70. The Hall–Kier alpha value is -2.33. The van der Waals surface area contributed by atoms with Gasteiger partial charge in [0.2, 0.25) is 0 Å². The first kappa shape index (κ1) is 18.0. The number of carbonyl (C=O) groups excluding carboxylic acids is 1. The lowest BCUT2D eigenvalue weighted by Gasteiger charge is -2.18. The molecule has 0 saturated heterocycles. The quantitative estimate of drug-likeness (QED) is 0.653. The van der Waals surface area contributed by atoms with E-state index in [1.807, 2.05) is 12.1 Å². The fourth-order valence-electron chi connectivity index (χ4n) is 1.96. The van der Waals surface area contributed by atoms with E-state index in [-0.39, 0.29) is 17.9 Å². The van der Waals surface area contributed by atoms with Crippen LogP contribution in [-0.4, -0.2) is 18.7 Å². The molecule has 0 spiro atoms. The molecule has 0 radical (unpaired) electrons. The van der Waals surface area contributed by atoms with Crippen molar-refractivity contribution in [2.75, 3.05) is 6.61 Å². The molecule has 2 rings (SSSR count). The fraction of sp³-hybridized carbons (Fsp3) is 0.263. The zero-order chi connectivity index (χ0) is 17.6. The summed E-state index contributed by atoms with van der Waals surface area (Å²) < 4.78 is 5.33. The van der Waals surface area contributed by atoms with E-state index in [1.165, 1.54) is 5.56 Å². The summed E-state index contributed by atoms with van der Waals surface area (Å²) in [4.78, 5) is 11.7. The average Bonchev–Trinajstić information content (AvgIpc) is 2.54. The van der Waals surface area contributed by atoms with Crippen molar-refractivity contribution in [1.82, 2.24) is 5.43 Å². The van der Waals surface area contributed by atoms with Crippen LogP contribution in [0.15, 0.2) is 53.6 Å². The van der Waals surface area contributed by atoms with Crippen molar-refractivity contribution < 1.29 is 9.53 Å². The molecule has 2 aromatic carbocycles. The SMILES string of the molecule is CC(C)(C)c1ccc(C=NNC(=O)COc2ccc(Cl)cc2)cc1. The molecule has 0 unspecified atom stereocenters. The highest BCUT2D eigenvalue weighted by Crippen LogP contribution is 2.21. The van der Waals surface area contributed by atoms with Crippen molar-refractivity contribution in [3.63, 3.8) is 0 Å². The van der Waals surface area contributed by atoms with E-state index in [4.69, 9.17) is 16.3 Å². The van der Waals surface area contributed by atoms with Gasteiger partial charge in [-0.05, 0) is 40.8 Å². The largest absolute Gasteiger partial charge is 0.484 e. The maximum atomic E-state index is 11.7. The molecule has 0 atom stereocenters. The zero-order valence-electron chi connectivity index (χ0n) is 14.0. The Labute approximate surface area is 147 Å². The smallest absolute Gasteiger partial charge is 0.277 e. The predicted molar refractivity (Wildman–Crippen MR) is 97.8 cm³/mol. The van der Waals surface area contributed by atoms with E-state index in [0.717, 1.165) is 5.56 Å². The normalized spacial score (nSPS) is 11.5. The molecule has 0 aliphatic rings. The van der Waals surface area contributed by atoms with Gasteiger partial charge in [-0.25, -0.2) is 5.43 Å². The van der Waals surface area contributed by atoms with Gasteiger partial charge in [0.15, 0.2) is 6.61 Å². The fourth-order valence-corrected chi connectivity index (χ4v) is 2.09. The topological polar surface area (TPSA) is 50.7 Å². The van der Waals surface area contributed by atoms with Gasteiger partial charge in [0.25, 0.3) is 5.91 Å². The van der Waals surface area contributed by atoms with Gasteiger partial charge in [0.05, 0.1) is 6.21 Å². The maximum absolute atomic E-state index is 11.7. The lowest BCUT2D eigenvalue weighted by atomic mass is 9.87. The molecule has 0 fully saturated rings. The molecule has 0 aliphatic carbocycles. The summed E-state index contributed by atoms with van der Waals surface area (Å²) in [6, 6.07) is 14.9. The number of nitrogens with one attached hydrogen (secondary N) is 1. The van der Waals surface area contributed by atoms with Gasteiger partial charge < -0.3 is 4.74 Å². The van der Waals surface area contributed by atoms with E-state index in [1.54, 1.807) is 30.5 Å². The van der Waals surface area contributed by atoms with Crippen LogP contribution in [0.1, 0.15) is 31.9 Å². The van der Waals surface area contributed by atoms with Gasteiger partial charge in [-0.2, -0.15) is 5.10 Å². The minimum atomic E-state index is -0.326. The molecule has 1 N–H and O–H groups in total. The number of hydrazone groups is 1. The molecule has 4 nitrogen and oxygen atoms in total. The van der Waals surface area contributed by atoms with E-state index < -0.39 is 0 Å². The Kier molecular flexibility index (Phi) is 5.99. The van der Waals surface area contributed by atoms with Crippen molar-refractivity contribution >= 4 is 23.7 Å². The van der Waals surface area contributed by atoms with Gasteiger partial charge in [0.1, 0.15) is 5.75 Å². The zero-order valence-corrected chi connectivity index (χ0v) is 14.8. The van der Waals surface area contributed by atoms with Crippen LogP contribution < -0.4 is 10.2 Å². The first-order chi connectivity index (χ1) is 11.3. The highest BCUT2D eigenvalue weighted by Gasteiger charge is 2.12. The number of amides is 1. The number of hydrogen-bond acceptors (Lipinski definition) is 3. The van der Waals surface area contributed by atoms with Crippen LogP contribution in [0.5, 0.6) is 5.75 Å². The van der Waals surface area contributed by atoms with E-state index in [0.29, 0.717) is 10.8 Å². The number of hydrogen-bond donors (Lipinski definition) is 1. The average molecular weight is 345 g/mol. The Bertz CT molecular complexity index is 702. The molecule has 0 aliphatic heterocycles. The first-order valence-electron chi connectivity index (χ1n) is 7.65. The number of nitrogens with zero attached hydrogens (tertiary/aromatic N) is 1. The van der Waals surface area contributed by atoms with Crippen LogP contribution in [0.25, 0.3) is 0 Å². The summed E-state index contributed by atoms with van der Waals surface area (Å²) >= 11 is 5.78. The molecule has 5 heteroatoms. The van der Waals surface area contributed by atoms with Crippen LogP contribution in [0.3, 0.4) is 0 Å². The van der Waals surface area contributed by atoms with Crippen LogP contribution in [-0.2, 0) is 10.2 Å². The Balaban J connectivity index is 1.80. The molecule has 0 aromatic heterocycles. The molecule has 1 amide bonds. The minimum absolute atomic E-state index is 0.109. The molecule has 0 heterocycles. The van der Waals surface area contributed by atoms with Gasteiger partial charge in [-0.15, -0.1) is 0 Å². The third-order valence-electron chi connectivity index (χ3n) is 3.36. The lowest BCUT2D eigenvalue weighted by Crippen LogP contribution is -2.24. The van der Waals surface area contributed by atoms with Gasteiger partial charge >= 0.3 is 0 Å². The van der Waals surface area contributed by atoms with Crippen LogP contribution in [0, 0.1) is 0 Å². The number of ether oxygens (including phenoxy) is 1. The maximum Gasteiger partial charge on any atom is 0.277 e. The number of benzene rings is 2. The van der Waals surface area contributed by atoms with Crippen molar-refractivity contribution in [3.8, 4) is 5.75 Å². The number of carbonyl (C=O) groups is 1. The van der Waals surface area contributed by atoms with Crippen molar-refractivity contribution in [3.05, 3.63) is 64.7 Å². The molecular formula is C19H21ClN2O2. The minimum Gasteiger partial charge on any atom is -0.484 e. The van der Waals surface area contributed by atoms with Crippen molar-refractivity contribution in [2.24, 2.45) is 5.10 Å². The Morgan fingerprint density at radius 1 is 1.12 bits per heavy atom. The molecular weight excluding hydrogens is 324 g/mol. The monoisotopic (exact) mass is 344 g/mol. The standard InChI is InChI=1S/C19H21ClN2O2/c1-19(2,3)15-6-4-14(5-7-15)12-21-22-18(23)13-24-17-10-8-16(20)9-11-17/h4-12H,13H2,1-3H3,(H,22,23). The van der Waals surface area contributed by atoms with Gasteiger partial charge in [-0.1, -0.05) is 56.6 Å². The van der Waals surface area contributed by atoms with Crippen LogP contribution >= 0.6 is 11.6 Å². The van der Waals surface area contributed by atoms with Gasteiger partial charge in [-0.3, -0.25) is 4.79 Å². The number of rotatable bonds is 5. The summed E-state index contributed by atoms with van der Waals surface area (Å²) in [5.41, 5.74) is 4.72. The summed E-state index contributed by atoms with van der Waals surface area (Å²) in [7, 11) is 0. The Morgan fingerprint density at radius 2 is 1.75 bits per heavy atom. The second kappa shape index (κ2) is 7.97. The molecule has 2 aromatic rings. The third-order valence-corrected chi connectivity index (χ3v) is 3.62. The van der Waals surface area contributed by atoms with Gasteiger partial charge in [0, 0.05) is 5.02 Å². The van der Waals surface area contributed by atoms with Crippen LogP contribution in [0.2, 0.25) is 5.02 Å². The van der Waals surface area contributed by atoms with Crippen molar-refractivity contribution in [2.45, 2.75) is 26.2 Å². The molecule has 0 saturated carbocycles. The molecule has 0 bridgehead atoms. The summed E-state index contributed by atoms with van der Waals surface area (Å²) in [5, 5.41) is 4.55. The highest BCUT2D eigenvalue weighted by atomic mass is 35.5. The summed E-state index contributed by atoms with van der Waals surface area (Å²) in [5.74, 6) is 0.254. The van der Waals surface area contributed by atoms with Crippen molar-refractivity contribution in [1.29, 1.82) is 0 Å². The number of halogens is 1. The highest BCUT2D eigenvalue weighted by molar-refractivity contribution is 6.30. The molecule has 24 heavy (non-hydrogen) atoms. The van der Waals surface area contributed by atoms with E-state index >= 15 is 0 Å². The summed E-state index contributed by atoms with van der Waals surface area (Å²) in [6.07, 6.45) is 1.60. The summed E-state index contributed by atoms with van der Waals surface area (Å²) in [6.45, 7) is 6.38. The second-order valence-electron chi connectivity index (χ2n) is 6.41. The van der Waals surface area contributed by atoms with E-state index in [9.17, 15) is 4.79 Å². The Morgan fingerprint density at radius 3 is 2.33 bits per heavy atom. The van der Waals surface area contributed by atoms with Crippen LogP contribution in [0.4, 0.5) is 0 Å².